The van der Waals surface area contributed by atoms with E-state index in [9.17, 15) is 18.0 Å². The number of hydroxylamine groups is 1. The first-order valence-electron chi connectivity index (χ1n) is 9.60. The third kappa shape index (κ3) is 5.04. The summed E-state index contributed by atoms with van der Waals surface area (Å²) in [6.07, 6.45) is -0.486. The van der Waals surface area contributed by atoms with E-state index in [0.717, 1.165) is 5.56 Å². The SMILES string of the molecule is CON(C)S(=O)(=O)c1cccc(C(=O)OC(C)C(=O)NC2CCOc3ccccc32)c1. The number of nitrogens with zero attached hydrogens (tertiary/aromatic N) is 1. The summed E-state index contributed by atoms with van der Waals surface area (Å²) in [5.74, 6) is -0.562. The molecule has 3 rings (SSSR count). The van der Waals surface area contributed by atoms with Crippen LogP contribution in [0.2, 0.25) is 0 Å². The van der Waals surface area contributed by atoms with Gasteiger partial charge in [0, 0.05) is 19.0 Å². The summed E-state index contributed by atoms with van der Waals surface area (Å²) in [4.78, 5) is 29.7. The smallest absolute Gasteiger partial charge is 0.338 e. The van der Waals surface area contributed by atoms with Gasteiger partial charge in [0.15, 0.2) is 6.10 Å². The average Bonchev–Trinajstić information content (AvgIpc) is 2.78. The number of para-hydroxylation sites is 1. The molecule has 1 amide bonds. The average molecular weight is 448 g/mol. The summed E-state index contributed by atoms with van der Waals surface area (Å²) in [5.41, 5.74) is 0.863. The molecule has 0 aromatic heterocycles. The monoisotopic (exact) mass is 448 g/mol. The van der Waals surface area contributed by atoms with Crippen LogP contribution in [0.5, 0.6) is 5.75 Å². The number of carbonyl (C=O) groups excluding carboxylic acids is 2. The first kappa shape index (κ1) is 22.7. The molecule has 10 heteroatoms. The van der Waals surface area contributed by atoms with Gasteiger partial charge < -0.3 is 14.8 Å². The summed E-state index contributed by atoms with van der Waals surface area (Å²) in [7, 11) is -1.47. The standard InChI is InChI=1S/C21H24N2O7S/c1-14(20(24)22-18-11-12-29-19-10-5-4-9-17(18)19)30-21(25)15-7-6-8-16(13-15)31(26,27)23(2)28-3/h4-10,13-14,18H,11-12H2,1-3H3,(H,22,24). The summed E-state index contributed by atoms with van der Waals surface area (Å²) < 4.78 is 36.3. The topological polar surface area (TPSA) is 111 Å². The zero-order valence-corrected chi connectivity index (χ0v) is 18.2. The Hall–Kier alpha value is -2.95. The largest absolute Gasteiger partial charge is 0.493 e. The number of sulfonamides is 1. The Morgan fingerprint density at radius 3 is 2.68 bits per heavy atom. The van der Waals surface area contributed by atoms with E-state index in [1.807, 2.05) is 24.3 Å². The van der Waals surface area contributed by atoms with Crippen molar-refractivity contribution in [1.29, 1.82) is 0 Å². The summed E-state index contributed by atoms with van der Waals surface area (Å²) in [6, 6.07) is 12.5. The number of amides is 1. The lowest BCUT2D eigenvalue weighted by atomic mass is 10.0. The van der Waals surface area contributed by atoms with Crippen molar-refractivity contribution in [3.63, 3.8) is 0 Å². The number of fused-ring (bicyclic) bond motifs is 1. The third-order valence-electron chi connectivity index (χ3n) is 4.89. The predicted molar refractivity (Wildman–Crippen MR) is 111 cm³/mol. The van der Waals surface area contributed by atoms with Crippen LogP contribution in [0.1, 0.15) is 35.3 Å². The lowest BCUT2D eigenvalue weighted by molar-refractivity contribution is -0.130. The van der Waals surface area contributed by atoms with E-state index in [2.05, 4.69) is 5.32 Å². The highest BCUT2D eigenvalue weighted by Crippen LogP contribution is 2.31. The molecule has 0 bridgehead atoms. The van der Waals surface area contributed by atoms with Crippen molar-refractivity contribution in [2.24, 2.45) is 0 Å². The lowest BCUT2D eigenvalue weighted by Crippen LogP contribution is -2.39. The molecular formula is C21H24N2O7S. The van der Waals surface area contributed by atoms with Crippen LogP contribution in [0, 0.1) is 0 Å². The minimum absolute atomic E-state index is 0.00152. The van der Waals surface area contributed by atoms with Gasteiger partial charge in [-0.3, -0.25) is 9.63 Å². The van der Waals surface area contributed by atoms with Crippen LogP contribution in [0.15, 0.2) is 53.4 Å². The van der Waals surface area contributed by atoms with Crippen LogP contribution >= 0.6 is 0 Å². The second-order valence-corrected chi connectivity index (χ2v) is 8.84. The van der Waals surface area contributed by atoms with Gasteiger partial charge in [0.2, 0.25) is 0 Å². The number of rotatable bonds is 7. The van der Waals surface area contributed by atoms with Gasteiger partial charge in [0.25, 0.3) is 15.9 Å². The van der Waals surface area contributed by atoms with Crippen molar-refractivity contribution in [3.05, 3.63) is 59.7 Å². The maximum absolute atomic E-state index is 12.6. The highest BCUT2D eigenvalue weighted by Gasteiger charge is 2.27. The molecule has 0 saturated heterocycles. The van der Waals surface area contributed by atoms with Gasteiger partial charge in [-0.25, -0.2) is 13.2 Å². The Morgan fingerprint density at radius 2 is 1.94 bits per heavy atom. The second-order valence-electron chi connectivity index (χ2n) is 6.91. The van der Waals surface area contributed by atoms with Crippen molar-refractivity contribution in [2.75, 3.05) is 20.8 Å². The molecule has 0 radical (unpaired) electrons. The Labute approximate surface area is 180 Å². The number of carbonyl (C=O) groups is 2. The van der Waals surface area contributed by atoms with Crippen LogP contribution in [0.25, 0.3) is 0 Å². The fraction of sp³-hybridized carbons (Fsp3) is 0.333. The zero-order chi connectivity index (χ0) is 22.6. The fourth-order valence-corrected chi connectivity index (χ4v) is 4.11. The molecule has 2 unspecified atom stereocenters. The van der Waals surface area contributed by atoms with E-state index in [-0.39, 0.29) is 16.5 Å². The molecule has 31 heavy (non-hydrogen) atoms. The normalized spacial score (nSPS) is 16.7. The maximum Gasteiger partial charge on any atom is 0.338 e. The molecular weight excluding hydrogens is 424 g/mol. The second kappa shape index (κ2) is 9.46. The Morgan fingerprint density at radius 1 is 1.19 bits per heavy atom. The summed E-state index contributed by atoms with van der Waals surface area (Å²) >= 11 is 0. The number of hydrogen-bond donors (Lipinski definition) is 1. The quantitative estimate of drug-likeness (QED) is 0.510. The van der Waals surface area contributed by atoms with Crippen molar-refractivity contribution in [3.8, 4) is 5.75 Å². The highest BCUT2D eigenvalue weighted by molar-refractivity contribution is 7.89. The van der Waals surface area contributed by atoms with Crippen LogP contribution in [0.3, 0.4) is 0 Å². The van der Waals surface area contributed by atoms with E-state index in [1.54, 1.807) is 0 Å². The molecule has 0 fully saturated rings. The van der Waals surface area contributed by atoms with Gasteiger partial charge in [0.1, 0.15) is 5.75 Å². The molecule has 9 nitrogen and oxygen atoms in total. The van der Waals surface area contributed by atoms with E-state index < -0.39 is 28.0 Å². The highest BCUT2D eigenvalue weighted by atomic mass is 32.2. The van der Waals surface area contributed by atoms with Crippen molar-refractivity contribution >= 4 is 21.9 Å². The zero-order valence-electron chi connectivity index (χ0n) is 17.4. The summed E-state index contributed by atoms with van der Waals surface area (Å²) in [6.45, 7) is 1.92. The first-order chi connectivity index (χ1) is 14.7. The maximum atomic E-state index is 12.6. The van der Waals surface area contributed by atoms with Gasteiger partial charge in [-0.05, 0) is 31.2 Å². The number of esters is 1. The molecule has 1 aliphatic rings. The molecule has 1 N–H and O–H groups in total. The lowest BCUT2D eigenvalue weighted by Gasteiger charge is -2.27. The van der Waals surface area contributed by atoms with E-state index in [4.69, 9.17) is 14.3 Å². The Kier molecular flexibility index (Phi) is 6.94. The molecule has 2 aromatic rings. The molecule has 2 atom stereocenters. The Bertz CT molecular complexity index is 1070. The van der Waals surface area contributed by atoms with Gasteiger partial charge in [-0.2, -0.15) is 0 Å². The number of hydrogen-bond acceptors (Lipinski definition) is 7. The van der Waals surface area contributed by atoms with Crippen LogP contribution < -0.4 is 10.1 Å². The number of benzene rings is 2. The van der Waals surface area contributed by atoms with E-state index in [0.29, 0.717) is 23.2 Å². The predicted octanol–water partition coefficient (Wildman–Crippen LogP) is 2.05. The molecule has 166 valence electrons. The minimum atomic E-state index is -3.93. The number of ether oxygens (including phenoxy) is 2. The fourth-order valence-electron chi connectivity index (χ4n) is 3.09. The molecule has 0 spiro atoms. The molecule has 2 aromatic carbocycles. The molecule has 0 saturated carbocycles. The van der Waals surface area contributed by atoms with E-state index >= 15 is 0 Å². The number of nitrogens with one attached hydrogen (secondary N) is 1. The Balaban J connectivity index is 1.67. The minimum Gasteiger partial charge on any atom is -0.493 e. The van der Waals surface area contributed by atoms with Gasteiger partial charge in [-0.1, -0.05) is 28.7 Å². The molecule has 1 aliphatic heterocycles. The van der Waals surface area contributed by atoms with Crippen LogP contribution in [0.4, 0.5) is 0 Å². The van der Waals surface area contributed by atoms with Gasteiger partial charge in [-0.15, -0.1) is 0 Å². The van der Waals surface area contributed by atoms with Crippen molar-refractivity contribution in [2.45, 2.75) is 30.4 Å². The molecule has 0 aliphatic carbocycles. The first-order valence-corrected chi connectivity index (χ1v) is 11.0. The van der Waals surface area contributed by atoms with Crippen molar-refractivity contribution in [1.82, 2.24) is 9.79 Å². The third-order valence-corrected chi connectivity index (χ3v) is 6.57. The van der Waals surface area contributed by atoms with Crippen LogP contribution in [-0.4, -0.2) is 51.6 Å². The van der Waals surface area contributed by atoms with Gasteiger partial charge in [0.05, 0.1) is 30.2 Å². The van der Waals surface area contributed by atoms with E-state index in [1.165, 1.54) is 45.3 Å². The summed E-state index contributed by atoms with van der Waals surface area (Å²) in [5, 5.41) is 2.87. The van der Waals surface area contributed by atoms with Crippen molar-refractivity contribution < 1.29 is 32.3 Å². The van der Waals surface area contributed by atoms with Crippen LogP contribution in [-0.2, 0) is 24.4 Å². The van der Waals surface area contributed by atoms with Gasteiger partial charge >= 0.3 is 5.97 Å². The molecule has 1 heterocycles.